The summed E-state index contributed by atoms with van der Waals surface area (Å²) in [5.74, 6) is 1.73. The highest BCUT2D eigenvalue weighted by Crippen LogP contribution is 2.38. The Hall–Kier alpha value is -3.36. The van der Waals surface area contributed by atoms with Crippen LogP contribution in [0.3, 0.4) is 0 Å². The molecule has 0 spiro atoms. The first-order valence-corrected chi connectivity index (χ1v) is 17.8. The fourth-order valence-electron chi connectivity index (χ4n) is 4.28. The maximum Gasteiger partial charge on any atom is 0.410 e. The minimum Gasteiger partial charge on any atom is -0.444 e. The maximum absolute atomic E-state index is 12.7. The fourth-order valence-corrected chi connectivity index (χ4v) is 5.21. The number of aromatic nitrogens is 6. The molecule has 0 aromatic carbocycles. The molecule has 0 aliphatic carbocycles. The molecule has 1 N–H and O–H groups in total. The minimum atomic E-state index is -2.06. The van der Waals surface area contributed by atoms with Gasteiger partial charge in [0.15, 0.2) is 14.1 Å². The Bertz CT molecular complexity index is 1380. The molecular formula is C29H47N9O4Si. The molecule has 13 nitrogen and oxygen atoms in total. The number of anilines is 3. The molecule has 0 radical (unpaired) electrons. The molecule has 1 aliphatic heterocycles. The van der Waals surface area contributed by atoms with Gasteiger partial charge in [0.05, 0.1) is 19.8 Å². The highest BCUT2D eigenvalue weighted by molar-refractivity contribution is 6.74. The molecule has 1 amide bonds. The van der Waals surface area contributed by atoms with Gasteiger partial charge in [-0.1, -0.05) is 20.8 Å². The van der Waals surface area contributed by atoms with Crippen LogP contribution in [0.1, 0.15) is 54.2 Å². The highest BCUT2D eigenvalue weighted by atomic mass is 28.4. The quantitative estimate of drug-likeness (QED) is 0.245. The van der Waals surface area contributed by atoms with Crippen LogP contribution in [0.25, 0.3) is 11.0 Å². The molecule has 0 atom stereocenters. The van der Waals surface area contributed by atoms with E-state index in [0.717, 1.165) is 11.2 Å². The normalized spacial score (nSPS) is 14.8. The Balaban J connectivity index is 1.72. The van der Waals surface area contributed by atoms with Crippen molar-refractivity contribution in [2.75, 3.05) is 49.6 Å². The smallest absolute Gasteiger partial charge is 0.410 e. The first kappa shape index (κ1) is 32.5. The lowest BCUT2D eigenvalue weighted by atomic mass is 10.2. The third-order valence-electron chi connectivity index (χ3n) is 7.72. The van der Waals surface area contributed by atoms with E-state index in [0.29, 0.717) is 75.6 Å². The lowest BCUT2D eigenvalue weighted by Gasteiger charge is -2.36. The lowest BCUT2D eigenvalue weighted by Crippen LogP contribution is -2.50. The second-order valence-corrected chi connectivity index (χ2v) is 18.0. The van der Waals surface area contributed by atoms with Crippen LogP contribution in [0, 0.1) is 0 Å². The number of nitrogens with zero attached hydrogens (tertiary/aromatic N) is 8. The predicted molar refractivity (Wildman–Crippen MR) is 169 cm³/mol. The SMILES string of the molecule is CCOCCn1nc(CO[Si](C)(C)C(C)(C)C)c2nc(N3CCN(C(=O)OC(C)(C)C)CC3)nc(Nc3ccncn3)c21. The number of carbonyl (C=O) groups excluding carboxylic acids is 1. The first-order chi connectivity index (χ1) is 20.2. The number of piperazine rings is 1. The maximum atomic E-state index is 12.7. The van der Waals surface area contributed by atoms with Crippen molar-refractivity contribution in [3.05, 3.63) is 24.3 Å². The summed E-state index contributed by atoms with van der Waals surface area (Å²) in [5, 5.41) is 8.40. The van der Waals surface area contributed by atoms with E-state index in [4.69, 9.17) is 29.0 Å². The van der Waals surface area contributed by atoms with Gasteiger partial charge in [0.25, 0.3) is 0 Å². The van der Waals surface area contributed by atoms with Gasteiger partial charge in [0.1, 0.15) is 34.5 Å². The van der Waals surface area contributed by atoms with E-state index in [1.165, 1.54) is 6.33 Å². The molecule has 3 aromatic rings. The molecule has 1 fully saturated rings. The van der Waals surface area contributed by atoms with E-state index in [1.807, 2.05) is 32.4 Å². The third kappa shape index (κ3) is 8.18. The van der Waals surface area contributed by atoms with Crippen molar-refractivity contribution in [2.24, 2.45) is 0 Å². The van der Waals surface area contributed by atoms with Gasteiger partial charge in [-0.3, -0.25) is 4.68 Å². The van der Waals surface area contributed by atoms with Crippen molar-refractivity contribution >= 4 is 43.0 Å². The van der Waals surface area contributed by atoms with Crippen LogP contribution in [0.5, 0.6) is 0 Å². The molecule has 0 unspecified atom stereocenters. The lowest BCUT2D eigenvalue weighted by molar-refractivity contribution is 0.0240. The zero-order valence-electron chi connectivity index (χ0n) is 27.1. The van der Waals surface area contributed by atoms with Crippen molar-refractivity contribution in [1.29, 1.82) is 0 Å². The summed E-state index contributed by atoms with van der Waals surface area (Å²) in [7, 11) is -2.06. The molecule has 0 bridgehead atoms. The average molecular weight is 614 g/mol. The van der Waals surface area contributed by atoms with Crippen LogP contribution < -0.4 is 10.2 Å². The standard InChI is InChI=1S/C29H47N9O4Si/c1-10-40-18-17-38-24-23(21(35-38)19-41-43(8,9)29(5,6)7)33-26(34-25(24)32-22-11-12-30-20-31-22)36-13-15-37(16-14-36)27(39)42-28(2,3)4/h11-12,20H,10,13-19H2,1-9H3,(H,30,31,32,33,34). The van der Waals surface area contributed by atoms with Crippen molar-refractivity contribution in [3.8, 4) is 0 Å². The van der Waals surface area contributed by atoms with Crippen LogP contribution >= 0.6 is 0 Å². The number of rotatable bonds is 10. The summed E-state index contributed by atoms with van der Waals surface area (Å²) in [4.78, 5) is 34.9. The molecule has 1 saturated heterocycles. The molecule has 4 rings (SSSR count). The number of amides is 1. The van der Waals surface area contributed by atoms with Gasteiger partial charge in [0.2, 0.25) is 5.95 Å². The molecule has 14 heteroatoms. The molecule has 236 valence electrons. The summed E-state index contributed by atoms with van der Waals surface area (Å²) < 4.78 is 19.8. The number of ether oxygens (including phenoxy) is 2. The van der Waals surface area contributed by atoms with Gasteiger partial charge in [-0.05, 0) is 51.9 Å². The minimum absolute atomic E-state index is 0.0496. The van der Waals surface area contributed by atoms with Gasteiger partial charge in [-0.25, -0.2) is 19.7 Å². The predicted octanol–water partition coefficient (Wildman–Crippen LogP) is 4.98. The number of hydrogen-bond donors (Lipinski definition) is 1. The number of hydrogen-bond acceptors (Lipinski definition) is 11. The van der Waals surface area contributed by atoms with Gasteiger partial charge in [-0.15, -0.1) is 0 Å². The molecule has 0 saturated carbocycles. The van der Waals surface area contributed by atoms with E-state index in [-0.39, 0.29) is 11.1 Å². The summed E-state index contributed by atoms with van der Waals surface area (Å²) in [6, 6.07) is 1.79. The Morgan fingerprint density at radius 2 is 1.79 bits per heavy atom. The van der Waals surface area contributed by atoms with Crippen LogP contribution in [0.2, 0.25) is 18.1 Å². The highest BCUT2D eigenvalue weighted by Gasteiger charge is 2.38. The average Bonchev–Trinajstić information content (AvgIpc) is 3.29. The van der Waals surface area contributed by atoms with Gasteiger partial charge in [-0.2, -0.15) is 10.1 Å². The number of carbonyl (C=O) groups is 1. The van der Waals surface area contributed by atoms with E-state index in [2.05, 4.69) is 54.0 Å². The van der Waals surface area contributed by atoms with Gasteiger partial charge in [0, 0.05) is 39.0 Å². The molecule has 3 aromatic heterocycles. The molecule has 43 heavy (non-hydrogen) atoms. The van der Waals surface area contributed by atoms with Crippen molar-refractivity contribution in [2.45, 2.75) is 85.4 Å². The summed E-state index contributed by atoms with van der Waals surface area (Å²) in [6.07, 6.45) is 2.85. The van der Waals surface area contributed by atoms with E-state index >= 15 is 0 Å². The Morgan fingerprint density at radius 3 is 2.40 bits per heavy atom. The second-order valence-electron chi connectivity index (χ2n) is 13.2. The topological polar surface area (TPSA) is 133 Å². The van der Waals surface area contributed by atoms with Gasteiger partial charge >= 0.3 is 6.09 Å². The summed E-state index contributed by atoms with van der Waals surface area (Å²) in [5.41, 5.74) is 1.67. The molecule has 4 heterocycles. The van der Waals surface area contributed by atoms with E-state index in [9.17, 15) is 4.79 Å². The Labute approximate surface area is 255 Å². The van der Waals surface area contributed by atoms with Crippen molar-refractivity contribution < 1.29 is 18.7 Å². The van der Waals surface area contributed by atoms with E-state index < -0.39 is 13.9 Å². The van der Waals surface area contributed by atoms with Gasteiger partial charge < -0.3 is 29.0 Å². The first-order valence-electron chi connectivity index (χ1n) is 14.9. The van der Waals surface area contributed by atoms with Crippen LogP contribution in [-0.2, 0) is 27.1 Å². The largest absolute Gasteiger partial charge is 0.444 e. The van der Waals surface area contributed by atoms with Crippen LogP contribution in [-0.4, -0.2) is 94.0 Å². The fraction of sp³-hybridized carbons (Fsp3) is 0.655. The molecule has 1 aliphatic rings. The summed E-state index contributed by atoms with van der Waals surface area (Å²) in [6.45, 7) is 22.8. The van der Waals surface area contributed by atoms with Crippen molar-refractivity contribution in [3.63, 3.8) is 0 Å². The zero-order chi connectivity index (χ0) is 31.4. The third-order valence-corrected chi connectivity index (χ3v) is 12.2. The number of nitrogens with one attached hydrogen (secondary N) is 1. The second kappa shape index (κ2) is 13.1. The van der Waals surface area contributed by atoms with Crippen molar-refractivity contribution in [1.82, 2.24) is 34.6 Å². The molecular weight excluding hydrogens is 566 g/mol. The Kier molecular flexibility index (Phi) is 9.92. The van der Waals surface area contributed by atoms with Crippen LogP contribution in [0.15, 0.2) is 18.6 Å². The zero-order valence-corrected chi connectivity index (χ0v) is 28.1. The number of fused-ring (bicyclic) bond motifs is 1. The van der Waals surface area contributed by atoms with Crippen LogP contribution in [0.4, 0.5) is 22.4 Å². The summed E-state index contributed by atoms with van der Waals surface area (Å²) >= 11 is 0. The monoisotopic (exact) mass is 613 g/mol. The Morgan fingerprint density at radius 1 is 1.07 bits per heavy atom. The van der Waals surface area contributed by atoms with E-state index in [1.54, 1.807) is 17.2 Å².